The normalized spacial score (nSPS) is 14.5. The smallest absolute Gasteiger partial charge is 0.317 e. The number of carbonyl (C=O) groups is 2. The lowest BCUT2D eigenvalue weighted by Crippen LogP contribution is -2.53. The summed E-state index contributed by atoms with van der Waals surface area (Å²) in [6.45, 7) is 6.13. The molecule has 0 aromatic carbocycles. The van der Waals surface area contributed by atoms with Crippen molar-refractivity contribution in [1.29, 1.82) is 0 Å². The van der Waals surface area contributed by atoms with Crippen molar-refractivity contribution in [2.24, 2.45) is 0 Å². The number of pyridine rings is 1. The minimum absolute atomic E-state index is 0.101. The molecule has 1 aliphatic rings. The number of fused-ring (bicyclic) bond motifs is 1. The van der Waals surface area contributed by atoms with Gasteiger partial charge in [-0.25, -0.2) is 9.78 Å². The number of nitrogens with one attached hydrogen (secondary N) is 1. The van der Waals surface area contributed by atoms with Crippen molar-refractivity contribution in [2.75, 3.05) is 32.7 Å². The van der Waals surface area contributed by atoms with Crippen LogP contribution in [0.5, 0.6) is 0 Å². The van der Waals surface area contributed by atoms with Crippen molar-refractivity contribution in [3.05, 3.63) is 35.7 Å². The van der Waals surface area contributed by atoms with E-state index in [-0.39, 0.29) is 11.9 Å². The third-order valence-corrected chi connectivity index (χ3v) is 4.80. The maximum Gasteiger partial charge on any atom is 0.317 e. The average Bonchev–Trinajstić information content (AvgIpc) is 3.37. The first-order valence-corrected chi connectivity index (χ1v) is 9.21. The Bertz CT molecular complexity index is 1000. The molecule has 9 heteroatoms. The summed E-state index contributed by atoms with van der Waals surface area (Å²) in [5, 5.41) is 7.35. The van der Waals surface area contributed by atoms with Crippen LogP contribution >= 0.6 is 0 Å². The molecule has 0 radical (unpaired) electrons. The Morgan fingerprint density at radius 3 is 2.64 bits per heavy atom. The molecule has 1 fully saturated rings. The Morgan fingerprint density at radius 2 is 1.96 bits per heavy atom. The van der Waals surface area contributed by atoms with E-state index in [4.69, 9.17) is 8.94 Å². The van der Waals surface area contributed by atoms with Gasteiger partial charge in [-0.05, 0) is 32.0 Å². The second-order valence-corrected chi connectivity index (χ2v) is 6.60. The third-order valence-electron chi connectivity index (χ3n) is 4.80. The number of aryl methyl sites for hydroxylation is 1. The number of hydrogen-bond donors (Lipinski definition) is 1. The number of carbonyl (C=O) groups excluding carboxylic acids is 2. The number of piperazine rings is 1. The van der Waals surface area contributed by atoms with Crippen LogP contribution in [-0.4, -0.2) is 64.6 Å². The lowest BCUT2D eigenvalue weighted by molar-refractivity contribution is 0.0667. The molecule has 0 spiro atoms. The molecule has 4 heterocycles. The monoisotopic (exact) mass is 383 g/mol. The van der Waals surface area contributed by atoms with E-state index < -0.39 is 0 Å². The fourth-order valence-electron chi connectivity index (χ4n) is 3.36. The zero-order valence-electron chi connectivity index (χ0n) is 15.8. The van der Waals surface area contributed by atoms with E-state index in [0.717, 1.165) is 0 Å². The van der Waals surface area contributed by atoms with Crippen LogP contribution in [0.1, 0.15) is 23.0 Å². The highest BCUT2D eigenvalue weighted by Crippen LogP contribution is 2.28. The van der Waals surface area contributed by atoms with E-state index in [0.29, 0.717) is 66.5 Å². The number of rotatable bonds is 3. The van der Waals surface area contributed by atoms with Crippen molar-refractivity contribution in [1.82, 2.24) is 25.3 Å². The highest BCUT2D eigenvalue weighted by atomic mass is 16.5. The molecule has 0 aliphatic carbocycles. The van der Waals surface area contributed by atoms with Crippen LogP contribution in [0.2, 0.25) is 0 Å². The van der Waals surface area contributed by atoms with E-state index in [1.54, 1.807) is 41.2 Å². The summed E-state index contributed by atoms with van der Waals surface area (Å²) >= 11 is 0. The van der Waals surface area contributed by atoms with E-state index in [2.05, 4.69) is 15.5 Å². The van der Waals surface area contributed by atoms with E-state index in [9.17, 15) is 9.59 Å². The maximum absolute atomic E-state index is 13.3. The first-order chi connectivity index (χ1) is 13.6. The van der Waals surface area contributed by atoms with Crippen LogP contribution in [0.3, 0.4) is 0 Å². The second kappa shape index (κ2) is 7.34. The van der Waals surface area contributed by atoms with Crippen LogP contribution in [-0.2, 0) is 0 Å². The van der Waals surface area contributed by atoms with Crippen molar-refractivity contribution < 1.29 is 18.5 Å². The zero-order valence-corrected chi connectivity index (χ0v) is 15.8. The number of urea groups is 1. The van der Waals surface area contributed by atoms with Gasteiger partial charge in [0.1, 0.15) is 5.69 Å². The summed E-state index contributed by atoms with van der Waals surface area (Å²) in [6, 6.07) is 5.14. The molecule has 1 N–H and O–H groups in total. The number of furan rings is 1. The summed E-state index contributed by atoms with van der Waals surface area (Å²) in [5.41, 5.74) is 1.90. The first-order valence-electron chi connectivity index (χ1n) is 9.21. The van der Waals surface area contributed by atoms with E-state index in [1.807, 2.05) is 6.92 Å². The fraction of sp³-hybridized carbons (Fsp3) is 0.368. The van der Waals surface area contributed by atoms with Crippen molar-refractivity contribution >= 4 is 23.0 Å². The SMILES string of the molecule is CCNC(=O)N1CCN(C(=O)c2cc(-c3ccco3)nc3onc(C)c23)CC1. The van der Waals surface area contributed by atoms with Crippen LogP contribution < -0.4 is 5.32 Å². The Kier molecular flexibility index (Phi) is 4.72. The molecule has 28 heavy (non-hydrogen) atoms. The maximum atomic E-state index is 13.3. The minimum Gasteiger partial charge on any atom is -0.463 e. The highest BCUT2D eigenvalue weighted by Gasteiger charge is 2.28. The van der Waals surface area contributed by atoms with E-state index >= 15 is 0 Å². The van der Waals surface area contributed by atoms with Gasteiger partial charge in [0.2, 0.25) is 0 Å². The number of hydrogen-bond acceptors (Lipinski definition) is 6. The molecule has 146 valence electrons. The van der Waals surface area contributed by atoms with Crippen LogP contribution in [0, 0.1) is 6.92 Å². The van der Waals surface area contributed by atoms with Crippen LogP contribution in [0.4, 0.5) is 4.79 Å². The lowest BCUT2D eigenvalue weighted by Gasteiger charge is -2.34. The zero-order chi connectivity index (χ0) is 19.7. The van der Waals surface area contributed by atoms with Gasteiger partial charge >= 0.3 is 6.03 Å². The van der Waals surface area contributed by atoms with Gasteiger partial charge in [0.05, 0.1) is 22.9 Å². The van der Waals surface area contributed by atoms with Gasteiger partial charge in [-0.15, -0.1) is 0 Å². The van der Waals surface area contributed by atoms with Crippen LogP contribution in [0.25, 0.3) is 22.6 Å². The average molecular weight is 383 g/mol. The molecular formula is C19H21N5O4. The Balaban J connectivity index is 1.62. The van der Waals surface area contributed by atoms with Gasteiger partial charge in [-0.3, -0.25) is 4.79 Å². The summed E-state index contributed by atoms with van der Waals surface area (Å²) in [6.07, 6.45) is 1.55. The third kappa shape index (κ3) is 3.19. The molecule has 3 amide bonds. The van der Waals surface area contributed by atoms with Gasteiger partial charge in [0.25, 0.3) is 11.6 Å². The molecule has 0 unspecified atom stereocenters. The molecular weight excluding hydrogens is 362 g/mol. The molecule has 9 nitrogen and oxygen atoms in total. The lowest BCUT2D eigenvalue weighted by atomic mass is 10.1. The molecule has 4 rings (SSSR count). The first kappa shape index (κ1) is 18.0. The molecule has 3 aromatic rings. The Hall–Kier alpha value is -3.36. The predicted molar refractivity (Wildman–Crippen MR) is 101 cm³/mol. The molecule has 1 aliphatic heterocycles. The fourth-order valence-corrected chi connectivity index (χ4v) is 3.36. The molecule has 3 aromatic heterocycles. The van der Waals surface area contributed by atoms with Gasteiger partial charge in [-0.1, -0.05) is 5.16 Å². The Labute approximate surface area is 161 Å². The van der Waals surface area contributed by atoms with Crippen molar-refractivity contribution in [3.63, 3.8) is 0 Å². The van der Waals surface area contributed by atoms with Gasteiger partial charge in [0.15, 0.2) is 5.76 Å². The van der Waals surface area contributed by atoms with Gasteiger partial charge in [-0.2, -0.15) is 0 Å². The van der Waals surface area contributed by atoms with Crippen molar-refractivity contribution in [2.45, 2.75) is 13.8 Å². The predicted octanol–water partition coefficient (Wildman–Crippen LogP) is 2.28. The summed E-state index contributed by atoms with van der Waals surface area (Å²) in [7, 11) is 0. The summed E-state index contributed by atoms with van der Waals surface area (Å²) in [4.78, 5) is 33.1. The number of aromatic nitrogens is 2. The number of amides is 3. The standard InChI is InChI=1S/C19H21N5O4/c1-3-20-19(26)24-8-6-23(7-9-24)18(25)13-11-14(15-5-4-10-27-15)21-17-16(13)12(2)22-28-17/h4-5,10-11H,3,6-9H2,1-2H3,(H,20,26). The quantitative estimate of drug-likeness (QED) is 0.744. The van der Waals surface area contributed by atoms with Crippen molar-refractivity contribution in [3.8, 4) is 11.5 Å². The molecule has 0 bridgehead atoms. The summed E-state index contributed by atoms with van der Waals surface area (Å²) in [5.74, 6) is 0.410. The van der Waals surface area contributed by atoms with Gasteiger partial charge < -0.3 is 24.1 Å². The minimum atomic E-state index is -0.137. The molecule has 1 saturated heterocycles. The largest absolute Gasteiger partial charge is 0.463 e. The van der Waals surface area contributed by atoms with E-state index in [1.165, 1.54) is 0 Å². The highest BCUT2D eigenvalue weighted by molar-refractivity contribution is 6.07. The van der Waals surface area contributed by atoms with Gasteiger partial charge in [0, 0.05) is 32.7 Å². The second-order valence-electron chi connectivity index (χ2n) is 6.60. The molecule has 0 saturated carbocycles. The van der Waals surface area contributed by atoms with Crippen LogP contribution in [0.15, 0.2) is 33.4 Å². The molecule has 0 atom stereocenters. The topological polar surface area (TPSA) is 105 Å². The summed E-state index contributed by atoms with van der Waals surface area (Å²) < 4.78 is 10.7. The Morgan fingerprint density at radius 1 is 1.21 bits per heavy atom. The number of nitrogens with zero attached hydrogens (tertiary/aromatic N) is 4.